The molecule has 0 spiro atoms. The number of aliphatic hydroxyl groups excluding tert-OH is 1. The Balaban J connectivity index is 2.27. The van der Waals surface area contributed by atoms with E-state index in [1.54, 1.807) is 6.92 Å². The Kier molecular flexibility index (Phi) is 5.69. The Morgan fingerprint density at radius 3 is 2.65 bits per heavy atom. The fraction of sp³-hybridized carbons (Fsp3) is 0.786. The largest absolute Gasteiger partial charge is 0.550 e. The maximum absolute atomic E-state index is 10.8. The first-order valence-electron chi connectivity index (χ1n) is 6.64. The van der Waals surface area contributed by atoms with Crippen molar-refractivity contribution < 1.29 is 15.0 Å². The summed E-state index contributed by atoms with van der Waals surface area (Å²) in [7, 11) is 0. The second kappa shape index (κ2) is 6.80. The molecule has 0 aliphatic heterocycles. The maximum atomic E-state index is 10.8. The van der Waals surface area contributed by atoms with Gasteiger partial charge in [-0.05, 0) is 43.9 Å². The van der Waals surface area contributed by atoms with Crippen LogP contribution in [0.4, 0.5) is 0 Å². The standard InChI is InChI=1S/C14H24O3/c1-3-5-6-7-10-8-11(10)9-13(15)12(4-2)14(16)17/h5-6,10-13,15H,3-4,7-9H2,1-2H3,(H,16,17)/p-1/b6-5-/t10?,11?,12-,13-/m1/s1. The van der Waals surface area contributed by atoms with Gasteiger partial charge in [-0.15, -0.1) is 0 Å². The Bertz CT molecular complexity index is 273. The van der Waals surface area contributed by atoms with Crippen molar-refractivity contribution in [2.45, 2.75) is 52.1 Å². The smallest absolute Gasteiger partial charge is 0.0623 e. The summed E-state index contributed by atoms with van der Waals surface area (Å²) < 4.78 is 0. The van der Waals surface area contributed by atoms with Crippen molar-refractivity contribution >= 4 is 5.97 Å². The fourth-order valence-corrected chi connectivity index (χ4v) is 2.40. The lowest BCUT2D eigenvalue weighted by atomic mass is 9.94. The summed E-state index contributed by atoms with van der Waals surface area (Å²) in [6.07, 6.45) is 7.89. The van der Waals surface area contributed by atoms with Gasteiger partial charge in [-0.3, -0.25) is 0 Å². The maximum Gasteiger partial charge on any atom is 0.0623 e. The predicted octanol–water partition coefficient (Wildman–Crippen LogP) is 1.51. The third-order valence-electron chi connectivity index (χ3n) is 3.66. The highest BCUT2D eigenvalue weighted by atomic mass is 16.4. The Morgan fingerprint density at radius 2 is 2.12 bits per heavy atom. The number of carbonyl (C=O) groups excluding carboxylic acids is 1. The molecule has 1 aliphatic carbocycles. The van der Waals surface area contributed by atoms with Crippen molar-refractivity contribution in [3.8, 4) is 0 Å². The lowest BCUT2D eigenvalue weighted by Gasteiger charge is -2.22. The summed E-state index contributed by atoms with van der Waals surface area (Å²) in [6.45, 7) is 3.88. The number of aliphatic carboxylic acids is 1. The van der Waals surface area contributed by atoms with Crippen LogP contribution in [-0.2, 0) is 4.79 Å². The first kappa shape index (κ1) is 14.2. The van der Waals surface area contributed by atoms with Crippen LogP contribution in [0, 0.1) is 17.8 Å². The van der Waals surface area contributed by atoms with Crippen LogP contribution in [0.15, 0.2) is 12.2 Å². The summed E-state index contributed by atoms with van der Waals surface area (Å²) in [6, 6.07) is 0. The number of rotatable bonds is 8. The second-order valence-electron chi connectivity index (χ2n) is 5.01. The first-order valence-corrected chi connectivity index (χ1v) is 6.64. The monoisotopic (exact) mass is 239 g/mol. The molecule has 2 unspecified atom stereocenters. The molecule has 98 valence electrons. The van der Waals surface area contributed by atoms with E-state index in [4.69, 9.17) is 0 Å². The van der Waals surface area contributed by atoms with Gasteiger partial charge in [-0.2, -0.15) is 0 Å². The topological polar surface area (TPSA) is 60.4 Å². The molecular formula is C14H23O3-. The molecule has 0 amide bonds. The normalized spacial score (nSPS) is 27.0. The van der Waals surface area contributed by atoms with E-state index in [1.165, 1.54) is 0 Å². The van der Waals surface area contributed by atoms with Gasteiger partial charge >= 0.3 is 0 Å². The van der Waals surface area contributed by atoms with Gasteiger partial charge in [0.2, 0.25) is 0 Å². The van der Waals surface area contributed by atoms with Crippen LogP contribution in [0.3, 0.4) is 0 Å². The number of carboxylic acids is 1. The highest BCUT2D eigenvalue weighted by Crippen LogP contribution is 2.45. The number of allylic oxidation sites excluding steroid dienone is 2. The number of carboxylic acid groups (broad SMARTS) is 1. The van der Waals surface area contributed by atoms with E-state index in [2.05, 4.69) is 19.1 Å². The second-order valence-corrected chi connectivity index (χ2v) is 5.01. The summed E-state index contributed by atoms with van der Waals surface area (Å²) in [5, 5.41) is 20.6. The van der Waals surface area contributed by atoms with Gasteiger partial charge in [0.1, 0.15) is 0 Å². The van der Waals surface area contributed by atoms with Gasteiger partial charge in [0.25, 0.3) is 0 Å². The number of carbonyl (C=O) groups is 1. The summed E-state index contributed by atoms with van der Waals surface area (Å²) in [5.74, 6) is -0.683. The van der Waals surface area contributed by atoms with Gasteiger partial charge in [-0.1, -0.05) is 26.0 Å². The molecule has 0 bridgehead atoms. The van der Waals surface area contributed by atoms with Gasteiger partial charge in [-0.25, -0.2) is 0 Å². The van der Waals surface area contributed by atoms with Gasteiger partial charge in [0, 0.05) is 11.9 Å². The van der Waals surface area contributed by atoms with Crippen molar-refractivity contribution in [3.63, 3.8) is 0 Å². The molecule has 0 aromatic heterocycles. The van der Waals surface area contributed by atoms with Gasteiger partial charge in [0.15, 0.2) is 0 Å². The van der Waals surface area contributed by atoms with Crippen LogP contribution >= 0.6 is 0 Å². The quantitative estimate of drug-likeness (QED) is 0.653. The van der Waals surface area contributed by atoms with Crippen molar-refractivity contribution in [2.24, 2.45) is 17.8 Å². The summed E-state index contributed by atoms with van der Waals surface area (Å²) in [5.41, 5.74) is 0. The predicted molar refractivity (Wildman–Crippen MR) is 65.1 cm³/mol. The molecule has 4 atom stereocenters. The minimum atomic E-state index is -1.12. The van der Waals surface area contributed by atoms with E-state index in [0.717, 1.165) is 19.3 Å². The molecule has 1 aliphatic rings. The zero-order chi connectivity index (χ0) is 12.8. The van der Waals surface area contributed by atoms with Crippen LogP contribution in [0.1, 0.15) is 46.0 Å². The van der Waals surface area contributed by atoms with Crippen molar-refractivity contribution in [1.29, 1.82) is 0 Å². The molecule has 0 saturated heterocycles. The lowest BCUT2D eigenvalue weighted by molar-refractivity contribution is -0.314. The van der Waals surface area contributed by atoms with Crippen LogP contribution in [-0.4, -0.2) is 17.2 Å². The Morgan fingerprint density at radius 1 is 1.41 bits per heavy atom. The van der Waals surface area contributed by atoms with Crippen molar-refractivity contribution in [2.75, 3.05) is 0 Å². The molecule has 0 heterocycles. The van der Waals surface area contributed by atoms with E-state index in [0.29, 0.717) is 24.7 Å². The van der Waals surface area contributed by atoms with E-state index < -0.39 is 18.0 Å². The van der Waals surface area contributed by atoms with Crippen LogP contribution in [0.25, 0.3) is 0 Å². The number of hydrogen-bond acceptors (Lipinski definition) is 3. The van der Waals surface area contributed by atoms with E-state index in [1.807, 2.05) is 0 Å². The molecule has 0 aromatic rings. The summed E-state index contributed by atoms with van der Waals surface area (Å²) in [4.78, 5) is 10.8. The zero-order valence-electron chi connectivity index (χ0n) is 10.8. The highest BCUT2D eigenvalue weighted by Gasteiger charge is 2.38. The molecule has 1 rings (SSSR count). The third kappa shape index (κ3) is 4.50. The van der Waals surface area contributed by atoms with E-state index in [-0.39, 0.29) is 0 Å². The molecular weight excluding hydrogens is 216 g/mol. The molecule has 1 saturated carbocycles. The molecule has 1 fully saturated rings. The fourth-order valence-electron chi connectivity index (χ4n) is 2.40. The van der Waals surface area contributed by atoms with Crippen molar-refractivity contribution in [3.05, 3.63) is 12.2 Å². The van der Waals surface area contributed by atoms with E-state index >= 15 is 0 Å². The van der Waals surface area contributed by atoms with Gasteiger partial charge in [0.05, 0.1) is 6.10 Å². The average Bonchev–Trinajstić information content (AvgIpc) is 2.97. The third-order valence-corrected chi connectivity index (χ3v) is 3.66. The molecule has 0 radical (unpaired) electrons. The summed E-state index contributed by atoms with van der Waals surface area (Å²) >= 11 is 0. The Labute approximate surface area is 104 Å². The minimum absolute atomic E-state index is 0.441. The first-order chi connectivity index (χ1) is 8.10. The van der Waals surface area contributed by atoms with Gasteiger partial charge < -0.3 is 15.0 Å². The Hall–Kier alpha value is -0.830. The number of aliphatic hydroxyl groups is 1. The molecule has 0 aromatic carbocycles. The SMILES string of the molecule is CC/C=C\CC1CC1C[C@@H](O)[C@@H](CC)C(=O)[O-]. The lowest BCUT2D eigenvalue weighted by Crippen LogP contribution is -2.38. The number of hydrogen-bond donors (Lipinski definition) is 1. The zero-order valence-corrected chi connectivity index (χ0v) is 10.8. The molecule has 3 nitrogen and oxygen atoms in total. The highest BCUT2D eigenvalue weighted by molar-refractivity contribution is 5.68. The van der Waals surface area contributed by atoms with Crippen LogP contribution in [0.2, 0.25) is 0 Å². The average molecular weight is 239 g/mol. The minimum Gasteiger partial charge on any atom is -0.550 e. The van der Waals surface area contributed by atoms with Crippen LogP contribution < -0.4 is 5.11 Å². The van der Waals surface area contributed by atoms with Crippen molar-refractivity contribution in [1.82, 2.24) is 0 Å². The van der Waals surface area contributed by atoms with E-state index in [9.17, 15) is 15.0 Å². The molecule has 17 heavy (non-hydrogen) atoms. The van der Waals surface area contributed by atoms with Crippen LogP contribution in [0.5, 0.6) is 0 Å². The molecule has 1 N–H and O–H groups in total. The molecule has 3 heteroatoms.